The number of nitrogens with zero attached hydrogens (tertiary/aromatic N) is 2. The Hall–Kier alpha value is -3.01. The number of carbonyl (C=O) groups is 1. The lowest BCUT2D eigenvalue weighted by Gasteiger charge is -2.08. The summed E-state index contributed by atoms with van der Waals surface area (Å²) in [5.41, 5.74) is 2.55. The predicted octanol–water partition coefficient (Wildman–Crippen LogP) is 3.43. The lowest BCUT2D eigenvalue weighted by molar-refractivity contribution is 0.0695. The molecule has 0 radical (unpaired) electrons. The van der Waals surface area contributed by atoms with Crippen LogP contribution < -0.4 is 0 Å². The first-order chi connectivity index (χ1) is 10.7. The second-order valence-corrected chi connectivity index (χ2v) is 4.89. The molecule has 0 aliphatic carbocycles. The molecule has 3 aromatic rings. The van der Waals surface area contributed by atoms with Gasteiger partial charge >= 0.3 is 5.97 Å². The van der Waals surface area contributed by atoms with Gasteiger partial charge in [-0.3, -0.25) is 0 Å². The molecule has 0 saturated heterocycles. The molecule has 0 amide bonds. The molecule has 0 saturated carbocycles. The monoisotopic (exact) mass is 290 g/mol. The summed E-state index contributed by atoms with van der Waals surface area (Å²) in [6.45, 7) is 0. The van der Waals surface area contributed by atoms with Crippen molar-refractivity contribution in [3.63, 3.8) is 0 Å². The van der Waals surface area contributed by atoms with Gasteiger partial charge in [0.15, 0.2) is 5.82 Å². The highest BCUT2D eigenvalue weighted by Gasteiger charge is 2.14. The largest absolute Gasteiger partial charge is 0.478 e. The Bertz CT molecular complexity index is 787. The van der Waals surface area contributed by atoms with Gasteiger partial charge in [-0.05, 0) is 5.56 Å². The highest BCUT2D eigenvalue weighted by atomic mass is 16.4. The number of hydrogen-bond donors (Lipinski definition) is 1. The molecule has 0 unspecified atom stereocenters. The summed E-state index contributed by atoms with van der Waals surface area (Å²) in [6, 6.07) is 19.2. The Morgan fingerprint density at radius 2 is 1.59 bits per heavy atom. The van der Waals surface area contributed by atoms with Crippen molar-refractivity contribution in [1.82, 2.24) is 9.97 Å². The van der Waals surface area contributed by atoms with Crippen molar-refractivity contribution in [2.24, 2.45) is 0 Å². The van der Waals surface area contributed by atoms with Crippen LogP contribution in [0.3, 0.4) is 0 Å². The Labute approximate surface area is 128 Å². The number of carboxylic acids is 1. The van der Waals surface area contributed by atoms with Crippen LogP contribution >= 0.6 is 0 Å². The second-order valence-electron chi connectivity index (χ2n) is 4.89. The van der Waals surface area contributed by atoms with Gasteiger partial charge in [0.1, 0.15) is 0 Å². The van der Waals surface area contributed by atoms with E-state index in [1.807, 2.05) is 60.7 Å². The number of aromatic nitrogens is 2. The van der Waals surface area contributed by atoms with E-state index in [0.29, 0.717) is 17.9 Å². The molecular formula is C18H14N2O2. The zero-order valence-electron chi connectivity index (χ0n) is 11.8. The molecule has 0 spiro atoms. The molecule has 2 aromatic carbocycles. The van der Waals surface area contributed by atoms with E-state index in [0.717, 1.165) is 11.1 Å². The second kappa shape index (κ2) is 6.18. The maximum atomic E-state index is 11.4. The molecule has 3 rings (SSSR count). The topological polar surface area (TPSA) is 63.1 Å². The maximum absolute atomic E-state index is 11.4. The summed E-state index contributed by atoms with van der Waals surface area (Å²) in [7, 11) is 0. The summed E-state index contributed by atoms with van der Waals surface area (Å²) in [5, 5.41) is 9.33. The summed E-state index contributed by atoms with van der Waals surface area (Å²) in [5.74, 6) is -0.470. The number of carboxylic acid groups (broad SMARTS) is 1. The van der Waals surface area contributed by atoms with Crippen LogP contribution in [0.15, 0.2) is 66.9 Å². The van der Waals surface area contributed by atoms with Crippen LogP contribution in [0, 0.1) is 0 Å². The summed E-state index contributed by atoms with van der Waals surface area (Å²) < 4.78 is 0. The van der Waals surface area contributed by atoms with E-state index in [1.165, 1.54) is 6.20 Å². The molecule has 0 aliphatic rings. The highest BCUT2D eigenvalue weighted by Crippen LogP contribution is 2.18. The van der Waals surface area contributed by atoms with Crippen LogP contribution in [0.5, 0.6) is 0 Å². The molecular weight excluding hydrogens is 276 g/mol. The van der Waals surface area contributed by atoms with Crippen LogP contribution in [0.2, 0.25) is 0 Å². The van der Waals surface area contributed by atoms with Crippen molar-refractivity contribution >= 4 is 5.97 Å². The smallest absolute Gasteiger partial charge is 0.339 e. The van der Waals surface area contributed by atoms with Gasteiger partial charge in [-0.2, -0.15) is 0 Å². The van der Waals surface area contributed by atoms with Crippen LogP contribution in [-0.2, 0) is 6.42 Å². The SMILES string of the molecule is O=C(O)c1cnc(-c2ccccc2)nc1Cc1ccccc1. The molecule has 0 bridgehead atoms. The molecule has 22 heavy (non-hydrogen) atoms. The summed E-state index contributed by atoms with van der Waals surface area (Å²) in [6.07, 6.45) is 1.85. The quantitative estimate of drug-likeness (QED) is 0.799. The van der Waals surface area contributed by atoms with Gasteiger partial charge in [0.05, 0.1) is 11.3 Å². The standard InChI is InChI=1S/C18H14N2O2/c21-18(22)15-12-19-17(14-9-5-2-6-10-14)20-16(15)11-13-7-3-1-4-8-13/h1-10,12H,11H2,(H,21,22). The Kier molecular flexibility index (Phi) is 3.92. The molecule has 108 valence electrons. The molecule has 1 heterocycles. The van der Waals surface area contributed by atoms with E-state index in [9.17, 15) is 9.90 Å². The van der Waals surface area contributed by atoms with Gasteiger partial charge in [-0.15, -0.1) is 0 Å². The predicted molar refractivity (Wildman–Crippen MR) is 83.7 cm³/mol. The van der Waals surface area contributed by atoms with E-state index in [2.05, 4.69) is 9.97 Å². The van der Waals surface area contributed by atoms with Gasteiger partial charge in [0.2, 0.25) is 0 Å². The van der Waals surface area contributed by atoms with Crippen molar-refractivity contribution in [3.05, 3.63) is 83.7 Å². The highest BCUT2D eigenvalue weighted by molar-refractivity contribution is 5.88. The van der Waals surface area contributed by atoms with Gasteiger partial charge in [-0.25, -0.2) is 14.8 Å². The average molecular weight is 290 g/mol. The molecule has 0 aliphatic heterocycles. The van der Waals surface area contributed by atoms with Crippen molar-refractivity contribution in [2.45, 2.75) is 6.42 Å². The van der Waals surface area contributed by atoms with Gasteiger partial charge < -0.3 is 5.11 Å². The third-order valence-corrected chi connectivity index (χ3v) is 3.34. The van der Waals surface area contributed by atoms with Gasteiger partial charge in [-0.1, -0.05) is 60.7 Å². The van der Waals surface area contributed by atoms with Crippen LogP contribution in [0.4, 0.5) is 0 Å². The van der Waals surface area contributed by atoms with Crippen molar-refractivity contribution in [2.75, 3.05) is 0 Å². The third-order valence-electron chi connectivity index (χ3n) is 3.34. The fourth-order valence-corrected chi connectivity index (χ4v) is 2.25. The fraction of sp³-hybridized carbons (Fsp3) is 0.0556. The molecule has 0 atom stereocenters. The van der Waals surface area contributed by atoms with E-state index < -0.39 is 5.97 Å². The lowest BCUT2D eigenvalue weighted by atomic mass is 10.1. The number of hydrogen-bond acceptors (Lipinski definition) is 3. The van der Waals surface area contributed by atoms with E-state index in [4.69, 9.17) is 0 Å². The molecule has 1 N–H and O–H groups in total. The van der Waals surface area contributed by atoms with Crippen LogP contribution in [0.25, 0.3) is 11.4 Å². The summed E-state index contributed by atoms with van der Waals surface area (Å²) in [4.78, 5) is 20.0. The Morgan fingerprint density at radius 1 is 0.955 bits per heavy atom. The van der Waals surface area contributed by atoms with Crippen molar-refractivity contribution < 1.29 is 9.90 Å². The van der Waals surface area contributed by atoms with Crippen molar-refractivity contribution in [3.8, 4) is 11.4 Å². The van der Waals surface area contributed by atoms with E-state index in [1.54, 1.807) is 0 Å². The molecule has 0 fully saturated rings. The molecule has 4 nitrogen and oxygen atoms in total. The normalized spacial score (nSPS) is 10.4. The first-order valence-corrected chi connectivity index (χ1v) is 6.92. The minimum atomic E-state index is -1.01. The Morgan fingerprint density at radius 3 is 2.23 bits per heavy atom. The van der Waals surface area contributed by atoms with Gasteiger partial charge in [0, 0.05) is 18.2 Å². The average Bonchev–Trinajstić information content (AvgIpc) is 2.56. The molecule has 4 heteroatoms. The van der Waals surface area contributed by atoms with Gasteiger partial charge in [0.25, 0.3) is 0 Å². The minimum Gasteiger partial charge on any atom is -0.478 e. The maximum Gasteiger partial charge on any atom is 0.339 e. The first-order valence-electron chi connectivity index (χ1n) is 6.92. The van der Waals surface area contributed by atoms with E-state index >= 15 is 0 Å². The first kappa shape index (κ1) is 13.9. The van der Waals surface area contributed by atoms with Crippen LogP contribution in [0.1, 0.15) is 21.6 Å². The lowest BCUT2D eigenvalue weighted by Crippen LogP contribution is -2.08. The number of benzene rings is 2. The summed E-state index contributed by atoms with van der Waals surface area (Å²) >= 11 is 0. The minimum absolute atomic E-state index is 0.142. The number of aromatic carboxylic acids is 1. The number of rotatable bonds is 4. The fourth-order valence-electron chi connectivity index (χ4n) is 2.25. The zero-order valence-corrected chi connectivity index (χ0v) is 11.8. The van der Waals surface area contributed by atoms with Crippen LogP contribution in [-0.4, -0.2) is 21.0 Å². The Balaban J connectivity index is 2.03. The molecule has 1 aromatic heterocycles. The van der Waals surface area contributed by atoms with E-state index in [-0.39, 0.29) is 5.56 Å². The van der Waals surface area contributed by atoms with Crippen molar-refractivity contribution in [1.29, 1.82) is 0 Å². The zero-order chi connectivity index (χ0) is 15.4. The third kappa shape index (κ3) is 3.01.